The van der Waals surface area contributed by atoms with Crippen molar-refractivity contribution < 1.29 is 12.6 Å². The molecule has 0 N–H and O–H groups in total. The van der Waals surface area contributed by atoms with E-state index in [2.05, 4.69) is 10.8 Å². The topological polar surface area (TPSA) is 46.6 Å². The number of piperidine rings is 1. The summed E-state index contributed by atoms with van der Waals surface area (Å²) in [6.07, 6.45) is 9.40. The molecule has 5 heteroatoms. The number of nitrogens with zero attached hydrogens (tertiary/aromatic N) is 1. The molecule has 1 aliphatic rings. The van der Waals surface area contributed by atoms with Gasteiger partial charge in [0.25, 0.3) is 10.1 Å². The van der Waals surface area contributed by atoms with Gasteiger partial charge in [-0.15, -0.1) is 12.3 Å². The van der Waals surface area contributed by atoms with Gasteiger partial charge in [0.15, 0.2) is 0 Å². The van der Waals surface area contributed by atoms with Crippen molar-refractivity contribution in [3.63, 3.8) is 0 Å². The molecule has 0 unspecified atom stereocenters. The second kappa shape index (κ2) is 6.24. The second-order valence-electron chi connectivity index (χ2n) is 4.22. The summed E-state index contributed by atoms with van der Waals surface area (Å²) in [5.74, 6) is 3.33. The van der Waals surface area contributed by atoms with Crippen LogP contribution in [0.25, 0.3) is 0 Å². The number of hydrogen-bond donors (Lipinski definition) is 0. The lowest BCUT2D eigenvalue weighted by molar-refractivity contribution is 0.159. The van der Waals surface area contributed by atoms with Gasteiger partial charge in [0, 0.05) is 13.0 Å². The van der Waals surface area contributed by atoms with Crippen LogP contribution in [-0.4, -0.2) is 45.8 Å². The van der Waals surface area contributed by atoms with Gasteiger partial charge in [-0.05, 0) is 31.8 Å². The molecule has 0 aliphatic carbocycles. The maximum atomic E-state index is 10.7. The average molecular weight is 245 g/mol. The van der Waals surface area contributed by atoms with Gasteiger partial charge in [-0.1, -0.05) is 0 Å². The zero-order valence-corrected chi connectivity index (χ0v) is 10.5. The summed E-state index contributed by atoms with van der Waals surface area (Å²) in [7, 11) is -3.30. The Balaban J connectivity index is 2.16. The van der Waals surface area contributed by atoms with Gasteiger partial charge < -0.3 is 4.90 Å². The molecule has 0 amide bonds. The molecular formula is C11H19NO3S. The molecule has 1 fully saturated rings. The lowest BCUT2D eigenvalue weighted by Crippen LogP contribution is -2.36. The fourth-order valence-electron chi connectivity index (χ4n) is 1.90. The molecular weight excluding hydrogens is 226 g/mol. The van der Waals surface area contributed by atoms with Crippen molar-refractivity contribution >= 4 is 10.1 Å². The number of likely N-dealkylation sites (tertiary alicyclic amines) is 1. The molecule has 92 valence electrons. The third-order valence-electron chi connectivity index (χ3n) is 2.82. The monoisotopic (exact) mass is 245 g/mol. The van der Waals surface area contributed by atoms with Gasteiger partial charge in [0.2, 0.25) is 0 Å². The van der Waals surface area contributed by atoms with Gasteiger partial charge in [0.1, 0.15) is 0 Å². The van der Waals surface area contributed by atoms with E-state index in [-0.39, 0.29) is 6.61 Å². The van der Waals surface area contributed by atoms with Crippen molar-refractivity contribution in [2.45, 2.75) is 19.3 Å². The largest absolute Gasteiger partial charge is 0.301 e. The molecule has 0 aromatic heterocycles. The third-order valence-corrected chi connectivity index (χ3v) is 3.41. The minimum Gasteiger partial charge on any atom is -0.301 e. The highest BCUT2D eigenvalue weighted by Crippen LogP contribution is 2.19. The molecule has 16 heavy (non-hydrogen) atoms. The highest BCUT2D eigenvalue weighted by Gasteiger charge is 2.18. The predicted octanol–water partition coefficient (Wildman–Crippen LogP) is 0.698. The fourth-order valence-corrected chi connectivity index (χ4v) is 2.28. The van der Waals surface area contributed by atoms with E-state index in [1.54, 1.807) is 0 Å². The molecule has 0 saturated carbocycles. The van der Waals surface area contributed by atoms with E-state index in [1.807, 2.05) is 0 Å². The Bertz CT molecular complexity index is 337. The van der Waals surface area contributed by atoms with E-state index in [0.29, 0.717) is 12.5 Å². The predicted molar refractivity (Wildman–Crippen MR) is 63.4 cm³/mol. The zero-order valence-electron chi connectivity index (χ0n) is 9.68. The number of terminal acetylenes is 1. The summed E-state index contributed by atoms with van der Waals surface area (Å²) in [4.78, 5) is 2.22. The maximum Gasteiger partial charge on any atom is 0.264 e. The molecule has 0 atom stereocenters. The number of hydrogen-bond acceptors (Lipinski definition) is 4. The van der Waals surface area contributed by atoms with Gasteiger partial charge in [0.05, 0.1) is 12.9 Å². The molecule has 0 aromatic carbocycles. The first-order valence-corrected chi connectivity index (χ1v) is 7.33. The van der Waals surface area contributed by atoms with Crippen molar-refractivity contribution in [2.75, 3.05) is 32.5 Å². The first-order valence-electron chi connectivity index (χ1n) is 5.51. The summed E-state index contributed by atoms with van der Waals surface area (Å²) < 4.78 is 26.2. The summed E-state index contributed by atoms with van der Waals surface area (Å²) in [5, 5.41) is 0. The Kier molecular flexibility index (Phi) is 5.26. The third kappa shape index (κ3) is 5.50. The van der Waals surface area contributed by atoms with Crippen molar-refractivity contribution in [1.82, 2.24) is 4.90 Å². The van der Waals surface area contributed by atoms with Crippen molar-refractivity contribution in [3.05, 3.63) is 0 Å². The minimum atomic E-state index is -3.30. The average Bonchev–Trinajstić information content (AvgIpc) is 2.19. The highest BCUT2D eigenvalue weighted by atomic mass is 32.2. The normalized spacial score (nSPS) is 19.5. The van der Waals surface area contributed by atoms with Crippen LogP contribution in [0, 0.1) is 18.3 Å². The highest BCUT2D eigenvalue weighted by molar-refractivity contribution is 7.85. The van der Waals surface area contributed by atoms with Crippen molar-refractivity contribution in [3.8, 4) is 12.3 Å². The van der Waals surface area contributed by atoms with Crippen LogP contribution in [-0.2, 0) is 14.3 Å². The summed E-state index contributed by atoms with van der Waals surface area (Å²) in [5.41, 5.74) is 0. The van der Waals surface area contributed by atoms with E-state index in [4.69, 9.17) is 10.6 Å². The van der Waals surface area contributed by atoms with Crippen LogP contribution in [0.1, 0.15) is 19.3 Å². The standard InChI is InChI=1S/C11H19NO3S/c1-3-4-11-5-7-12(8-6-11)9-10-15-16(2,13)14/h1,11H,4-10H2,2H3. The van der Waals surface area contributed by atoms with Crippen LogP contribution in [0.3, 0.4) is 0 Å². The summed E-state index contributed by atoms with van der Waals surface area (Å²) in [6.45, 7) is 2.90. The van der Waals surface area contributed by atoms with E-state index < -0.39 is 10.1 Å². The Morgan fingerprint density at radius 1 is 1.44 bits per heavy atom. The van der Waals surface area contributed by atoms with Crippen molar-refractivity contribution in [1.29, 1.82) is 0 Å². The Labute approximate surface area is 98.1 Å². The molecule has 0 aromatic rings. The van der Waals surface area contributed by atoms with E-state index >= 15 is 0 Å². The molecule has 1 rings (SSSR count). The fraction of sp³-hybridized carbons (Fsp3) is 0.818. The van der Waals surface area contributed by atoms with E-state index in [0.717, 1.165) is 38.6 Å². The van der Waals surface area contributed by atoms with Gasteiger partial charge in [-0.2, -0.15) is 8.42 Å². The molecule has 1 heterocycles. The zero-order chi connectivity index (χ0) is 12.0. The Morgan fingerprint density at radius 2 is 2.06 bits per heavy atom. The van der Waals surface area contributed by atoms with Crippen LogP contribution >= 0.6 is 0 Å². The Morgan fingerprint density at radius 3 is 2.56 bits per heavy atom. The first kappa shape index (κ1) is 13.5. The van der Waals surface area contributed by atoms with Crippen LogP contribution < -0.4 is 0 Å². The molecule has 1 aliphatic heterocycles. The van der Waals surface area contributed by atoms with Gasteiger partial charge >= 0.3 is 0 Å². The lowest BCUT2D eigenvalue weighted by atomic mass is 9.94. The molecule has 1 saturated heterocycles. The smallest absolute Gasteiger partial charge is 0.264 e. The molecule has 4 nitrogen and oxygen atoms in total. The van der Waals surface area contributed by atoms with E-state index in [1.165, 1.54) is 0 Å². The van der Waals surface area contributed by atoms with Crippen LogP contribution in [0.5, 0.6) is 0 Å². The number of rotatable bonds is 5. The lowest BCUT2D eigenvalue weighted by Gasteiger charge is -2.30. The first-order chi connectivity index (χ1) is 7.51. The summed E-state index contributed by atoms with van der Waals surface area (Å²) >= 11 is 0. The Hall–Kier alpha value is -0.570. The van der Waals surface area contributed by atoms with Crippen LogP contribution in [0.15, 0.2) is 0 Å². The van der Waals surface area contributed by atoms with Crippen LogP contribution in [0.4, 0.5) is 0 Å². The molecule has 0 radical (unpaired) electrons. The van der Waals surface area contributed by atoms with Crippen LogP contribution in [0.2, 0.25) is 0 Å². The van der Waals surface area contributed by atoms with E-state index in [9.17, 15) is 8.42 Å². The van der Waals surface area contributed by atoms with Gasteiger partial charge in [-0.3, -0.25) is 4.18 Å². The SMILES string of the molecule is C#CCC1CCN(CCOS(C)(=O)=O)CC1. The minimum absolute atomic E-state index is 0.249. The molecule has 0 spiro atoms. The quantitative estimate of drug-likeness (QED) is 0.528. The summed E-state index contributed by atoms with van der Waals surface area (Å²) in [6, 6.07) is 0. The maximum absolute atomic E-state index is 10.7. The van der Waals surface area contributed by atoms with Gasteiger partial charge in [-0.25, -0.2) is 0 Å². The molecule has 0 bridgehead atoms. The van der Waals surface area contributed by atoms with Crippen molar-refractivity contribution in [2.24, 2.45) is 5.92 Å². The second-order valence-corrected chi connectivity index (χ2v) is 5.86.